The normalized spacial score (nSPS) is 10.3. The topological polar surface area (TPSA) is 68.1 Å². The van der Waals surface area contributed by atoms with E-state index in [4.69, 9.17) is 0 Å². The average molecular weight is 336 g/mol. The molecule has 0 atom stereocenters. The lowest BCUT2D eigenvalue weighted by atomic mass is 10.1. The number of aryl methyl sites for hydroxylation is 2. The molecule has 1 aromatic carbocycles. The van der Waals surface area contributed by atoms with Gasteiger partial charge in [-0.2, -0.15) is 0 Å². The number of rotatable bonds is 4. The SMILES string of the molecule is Cc1ccc(CNc2ccc(Br)nc2C)cc1[N+](=O)[O-]. The van der Waals surface area contributed by atoms with Crippen molar-refractivity contribution in [2.45, 2.75) is 20.4 Å². The minimum Gasteiger partial charge on any atom is -0.379 e. The second kappa shape index (κ2) is 6.00. The van der Waals surface area contributed by atoms with Gasteiger partial charge in [-0.3, -0.25) is 10.1 Å². The van der Waals surface area contributed by atoms with Crippen LogP contribution in [0.2, 0.25) is 0 Å². The average Bonchev–Trinajstić information content (AvgIpc) is 2.39. The van der Waals surface area contributed by atoms with Crippen LogP contribution in [0.25, 0.3) is 0 Å². The molecular weight excluding hydrogens is 322 g/mol. The van der Waals surface area contributed by atoms with Crippen LogP contribution in [0.1, 0.15) is 16.8 Å². The number of nitro groups is 1. The molecule has 0 saturated heterocycles. The van der Waals surface area contributed by atoms with E-state index in [1.54, 1.807) is 19.1 Å². The fourth-order valence-electron chi connectivity index (χ4n) is 1.88. The molecule has 0 saturated carbocycles. The zero-order chi connectivity index (χ0) is 14.7. The lowest BCUT2D eigenvalue weighted by Crippen LogP contribution is -2.03. The number of hydrogen-bond acceptors (Lipinski definition) is 4. The summed E-state index contributed by atoms with van der Waals surface area (Å²) in [6, 6.07) is 9.03. The Morgan fingerprint density at radius 3 is 2.70 bits per heavy atom. The Morgan fingerprint density at radius 1 is 1.30 bits per heavy atom. The van der Waals surface area contributed by atoms with Crippen LogP contribution in [0, 0.1) is 24.0 Å². The van der Waals surface area contributed by atoms with Gasteiger partial charge in [0.05, 0.1) is 16.3 Å². The molecule has 1 aromatic heterocycles. The summed E-state index contributed by atoms with van der Waals surface area (Å²) < 4.78 is 0.784. The molecule has 2 rings (SSSR count). The first-order valence-electron chi connectivity index (χ1n) is 6.08. The number of anilines is 1. The van der Waals surface area contributed by atoms with Gasteiger partial charge in [0.25, 0.3) is 5.69 Å². The highest BCUT2D eigenvalue weighted by atomic mass is 79.9. The standard InChI is InChI=1S/C14H14BrN3O2/c1-9-3-4-11(7-13(9)18(19)20)8-16-12-5-6-14(15)17-10(12)2/h3-7,16H,8H2,1-2H3. The number of halogens is 1. The van der Waals surface area contributed by atoms with Gasteiger partial charge in [-0.25, -0.2) is 4.98 Å². The van der Waals surface area contributed by atoms with Gasteiger partial charge in [-0.1, -0.05) is 12.1 Å². The Balaban J connectivity index is 2.15. The minimum atomic E-state index is -0.356. The fourth-order valence-corrected chi connectivity index (χ4v) is 2.27. The zero-order valence-electron chi connectivity index (χ0n) is 11.2. The highest BCUT2D eigenvalue weighted by Gasteiger charge is 2.11. The fraction of sp³-hybridized carbons (Fsp3) is 0.214. The van der Waals surface area contributed by atoms with E-state index in [2.05, 4.69) is 26.2 Å². The number of benzene rings is 1. The molecule has 0 aliphatic heterocycles. The Bertz CT molecular complexity index is 659. The Hall–Kier alpha value is -1.95. The van der Waals surface area contributed by atoms with Crippen molar-refractivity contribution in [1.29, 1.82) is 0 Å². The Morgan fingerprint density at radius 2 is 2.05 bits per heavy atom. The maximum atomic E-state index is 10.9. The summed E-state index contributed by atoms with van der Waals surface area (Å²) in [5.74, 6) is 0. The third kappa shape index (κ3) is 3.33. The van der Waals surface area contributed by atoms with Crippen molar-refractivity contribution >= 4 is 27.3 Å². The van der Waals surface area contributed by atoms with Crippen molar-refractivity contribution in [1.82, 2.24) is 4.98 Å². The van der Waals surface area contributed by atoms with Crippen LogP contribution in [0.15, 0.2) is 34.9 Å². The predicted molar refractivity (Wildman–Crippen MR) is 81.8 cm³/mol. The number of pyridine rings is 1. The van der Waals surface area contributed by atoms with Crippen LogP contribution < -0.4 is 5.32 Å². The molecule has 104 valence electrons. The van der Waals surface area contributed by atoms with Crippen molar-refractivity contribution in [3.63, 3.8) is 0 Å². The van der Waals surface area contributed by atoms with E-state index in [1.165, 1.54) is 0 Å². The molecular formula is C14H14BrN3O2. The Labute approximate surface area is 125 Å². The predicted octanol–water partition coefficient (Wildman–Crippen LogP) is 3.98. The molecule has 0 aliphatic carbocycles. The number of aromatic nitrogens is 1. The van der Waals surface area contributed by atoms with Crippen molar-refractivity contribution in [3.8, 4) is 0 Å². The second-order valence-electron chi connectivity index (χ2n) is 4.50. The van der Waals surface area contributed by atoms with Gasteiger partial charge >= 0.3 is 0 Å². The second-order valence-corrected chi connectivity index (χ2v) is 5.31. The first-order valence-corrected chi connectivity index (χ1v) is 6.87. The number of hydrogen-bond donors (Lipinski definition) is 1. The molecule has 5 nitrogen and oxygen atoms in total. The molecule has 1 N–H and O–H groups in total. The highest BCUT2D eigenvalue weighted by Crippen LogP contribution is 2.21. The van der Waals surface area contributed by atoms with Gasteiger partial charge in [-0.05, 0) is 47.5 Å². The summed E-state index contributed by atoms with van der Waals surface area (Å²) in [5, 5.41) is 14.1. The van der Waals surface area contributed by atoms with E-state index in [-0.39, 0.29) is 10.6 Å². The van der Waals surface area contributed by atoms with Gasteiger partial charge in [0, 0.05) is 18.2 Å². The third-order valence-electron chi connectivity index (χ3n) is 3.01. The maximum Gasteiger partial charge on any atom is 0.272 e. The van der Waals surface area contributed by atoms with Crippen molar-refractivity contribution in [2.24, 2.45) is 0 Å². The minimum absolute atomic E-state index is 0.148. The first-order chi connectivity index (χ1) is 9.47. The summed E-state index contributed by atoms with van der Waals surface area (Å²) in [6.07, 6.45) is 0. The molecule has 2 aromatic rings. The monoisotopic (exact) mass is 335 g/mol. The van der Waals surface area contributed by atoms with Crippen molar-refractivity contribution < 1.29 is 4.92 Å². The molecule has 6 heteroatoms. The van der Waals surface area contributed by atoms with E-state index in [0.717, 1.165) is 21.5 Å². The van der Waals surface area contributed by atoms with E-state index < -0.39 is 0 Å². The smallest absolute Gasteiger partial charge is 0.272 e. The molecule has 20 heavy (non-hydrogen) atoms. The van der Waals surface area contributed by atoms with Gasteiger partial charge in [-0.15, -0.1) is 0 Å². The maximum absolute atomic E-state index is 10.9. The van der Waals surface area contributed by atoms with Crippen LogP contribution in [-0.2, 0) is 6.54 Å². The summed E-state index contributed by atoms with van der Waals surface area (Å²) in [6.45, 7) is 4.16. The lowest BCUT2D eigenvalue weighted by molar-refractivity contribution is -0.385. The summed E-state index contributed by atoms with van der Waals surface area (Å²) >= 11 is 3.31. The first kappa shape index (κ1) is 14.5. The number of nitrogens with zero attached hydrogens (tertiary/aromatic N) is 2. The molecule has 0 bridgehead atoms. The number of nitrogens with one attached hydrogen (secondary N) is 1. The summed E-state index contributed by atoms with van der Waals surface area (Å²) in [7, 11) is 0. The van der Waals surface area contributed by atoms with Gasteiger partial charge in [0.2, 0.25) is 0 Å². The van der Waals surface area contributed by atoms with Crippen LogP contribution >= 0.6 is 15.9 Å². The van der Waals surface area contributed by atoms with Crippen LogP contribution in [0.5, 0.6) is 0 Å². The van der Waals surface area contributed by atoms with E-state index in [9.17, 15) is 10.1 Å². The highest BCUT2D eigenvalue weighted by molar-refractivity contribution is 9.10. The van der Waals surface area contributed by atoms with Gasteiger partial charge in [0.15, 0.2) is 0 Å². The van der Waals surface area contributed by atoms with Crippen LogP contribution in [0.3, 0.4) is 0 Å². The van der Waals surface area contributed by atoms with Gasteiger partial charge in [0.1, 0.15) is 4.60 Å². The molecule has 0 amide bonds. The molecule has 0 spiro atoms. The van der Waals surface area contributed by atoms with Crippen LogP contribution in [-0.4, -0.2) is 9.91 Å². The van der Waals surface area contributed by atoms with Gasteiger partial charge < -0.3 is 5.32 Å². The van der Waals surface area contributed by atoms with E-state index in [0.29, 0.717) is 12.1 Å². The van der Waals surface area contributed by atoms with Crippen molar-refractivity contribution in [3.05, 3.63) is 61.9 Å². The number of nitro benzene ring substituents is 1. The van der Waals surface area contributed by atoms with Crippen molar-refractivity contribution in [2.75, 3.05) is 5.32 Å². The molecule has 0 radical (unpaired) electrons. The lowest BCUT2D eigenvalue weighted by Gasteiger charge is -2.09. The third-order valence-corrected chi connectivity index (χ3v) is 3.45. The zero-order valence-corrected chi connectivity index (χ0v) is 12.8. The summed E-state index contributed by atoms with van der Waals surface area (Å²) in [4.78, 5) is 14.8. The molecule has 1 heterocycles. The quantitative estimate of drug-likeness (QED) is 0.521. The van der Waals surface area contributed by atoms with E-state index in [1.807, 2.05) is 25.1 Å². The Kier molecular flexibility index (Phi) is 4.34. The van der Waals surface area contributed by atoms with E-state index >= 15 is 0 Å². The molecule has 0 unspecified atom stereocenters. The summed E-state index contributed by atoms with van der Waals surface area (Å²) in [5.41, 5.74) is 3.47. The van der Waals surface area contributed by atoms with Crippen LogP contribution in [0.4, 0.5) is 11.4 Å². The molecule has 0 fully saturated rings. The largest absolute Gasteiger partial charge is 0.379 e. The molecule has 0 aliphatic rings.